The molecule has 7 nitrogen and oxygen atoms in total. The van der Waals surface area contributed by atoms with Gasteiger partial charge in [-0.25, -0.2) is 9.37 Å². The van der Waals surface area contributed by atoms with Crippen molar-refractivity contribution in [2.24, 2.45) is 0 Å². The number of nitrogens with zero attached hydrogens (tertiary/aromatic N) is 3. The van der Waals surface area contributed by atoms with Crippen molar-refractivity contribution in [3.05, 3.63) is 61.6 Å². The molecule has 1 amide bonds. The Hall–Kier alpha value is -2.49. The number of aliphatic hydroxyl groups excluding tert-OH is 1. The van der Waals surface area contributed by atoms with Crippen LogP contribution in [0, 0.1) is 12.7 Å². The summed E-state index contributed by atoms with van der Waals surface area (Å²) in [4.78, 5) is 34.7. The Morgan fingerprint density at radius 1 is 1.34 bits per heavy atom. The lowest BCUT2D eigenvalue weighted by Gasteiger charge is -2.43. The lowest BCUT2D eigenvalue weighted by atomic mass is 9.94. The summed E-state index contributed by atoms with van der Waals surface area (Å²) in [6.45, 7) is 4.71. The number of allylic oxidation sites excluding steroid dienone is 1. The average molecular weight is 478 g/mol. The summed E-state index contributed by atoms with van der Waals surface area (Å²) in [5.41, 5.74) is 1.18. The van der Waals surface area contributed by atoms with E-state index in [1.54, 1.807) is 21.9 Å². The molecule has 2 saturated heterocycles. The average Bonchev–Trinajstić information content (AvgIpc) is 3.30. The first-order valence-corrected chi connectivity index (χ1v) is 11.5. The SMILES string of the molecule is Cc1nc(C2CN3C[C@H]4OC[C@H](C)N4C(=O)C3=C(O)C2=O)sc1Cc1cccc(Cl)c1F. The number of ketones is 1. The van der Waals surface area contributed by atoms with E-state index >= 15 is 0 Å². The number of aliphatic hydroxyl groups is 1. The zero-order chi connectivity index (χ0) is 22.7. The van der Waals surface area contributed by atoms with Crippen molar-refractivity contribution < 1.29 is 23.8 Å². The number of carbonyl (C=O) groups is 2. The van der Waals surface area contributed by atoms with E-state index in [9.17, 15) is 19.1 Å². The van der Waals surface area contributed by atoms with Gasteiger partial charge in [0.1, 0.15) is 16.5 Å². The van der Waals surface area contributed by atoms with Gasteiger partial charge in [-0.3, -0.25) is 9.59 Å². The molecule has 4 heterocycles. The number of fused-ring (bicyclic) bond motifs is 2. The van der Waals surface area contributed by atoms with Crippen LogP contribution in [0.2, 0.25) is 5.02 Å². The molecule has 2 aromatic rings. The van der Waals surface area contributed by atoms with Gasteiger partial charge in [-0.05, 0) is 25.5 Å². The largest absolute Gasteiger partial charge is 0.503 e. The number of benzene rings is 1. The van der Waals surface area contributed by atoms with Gasteiger partial charge in [-0.2, -0.15) is 0 Å². The molecule has 1 unspecified atom stereocenters. The highest BCUT2D eigenvalue weighted by molar-refractivity contribution is 7.12. The Morgan fingerprint density at radius 3 is 2.91 bits per heavy atom. The molecule has 2 fully saturated rings. The highest BCUT2D eigenvalue weighted by Crippen LogP contribution is 2.38. The summed E-state index contributed by atoms with van der Waals surface area (Å²) in [7, 11) is 0. The Kier molecular flexibility index (Phi) is 5.22. The maximum absolute atomic E-state index is 14.4. The van der Waals surface area contributed by atoms with Crippen LogP contribution in [0.4, 0.5) is 4.39 Å². The summed E-state index contributed by atoms with van der Waals surface area (Å²) in [5.74, 6) is -2.62. The summed E-state index contributed by atoms with van der Waals surface area (Å²) >= 11 is 7.21. The van der Waals surface area contributed by atoms with Gasteiger partial charge in [0.15, 0.2) is 12.0 Å². The summed E-state index contributed by atoms with van der Waals surface area (Å²) in [6, 6.07) is 4.74. The lowest BCUT2D eigenvalue weighted by Crippen LogP contribution is -2.57. The number of carbonyl (C=O) groups excluding carboxylic acids is 2. The van der Waals surface area contributed by atoms with Gasteiger partial charge >= 0.3 is 0 Å². The molecule has 1 aromatic carbocycles. The van der Waals surface area contributed by atoms with Gasteiger partial charge in [0.25, 0.3) is 5.91 Å². The van der Waals surface area contributed by atoms with Crippen LogP contribution in [0.15, 0.2) is 29.7 Å². The molecule has 0 saturated carbocycles. The highest BCUT2D eigenvalue weighted by Gasteiger charge is 2.49. The van der Waals surface area contributed by atoms with E-state index in [2.05, 4.69) is 4.98 Å². The number of hydrogen-bond donors (Lipinski definition) is 1. The predicted molar refractivity (Wildman–Crippen MR) is 116 cm³/mol. The van der Waals surface area contributed by atoms with Crippen LogP contribution in [0.1, 0.15) is 34.0 Å². The first-order valence-electron chi connectivity index (χ1n) is 10.3. The molecule has 1 N–H and O–H groups in total. The van der Waals surface area contributed by atoms with E-state index in [1.807, 2.05) is 13.8 Å². The molecule has 168 valence electrons. The monoisotopic (exact) mass is 477 g/mol. The standard InChI is InChI=1S/C22H21ClFN3O4S/c1-10-9-31-16-8-26-7-13(19(28)20(29)18(26)22(30)27(10)16)21-25-11(2)15(32-21)6-12-4-3-5-14(23)17(12)24/h3-5,10,13,16,29H,6-9H2,1-2H3/t10-,13?,16+/m0/s1. The quantitative estimate of drug-likeness (QED) is 0.731. The topological polar surface area (TPSA) is 83.0 Å². The second-order valence-corrected chi connectivity index (χ2v) is 9.84. The molecule has 3 atom stereocenters. The molecule has 3 aliphatic rings. The van der Waals surface area contributed by atoms with Crippen molar-refractivity contribution in [2.45, 2.75) is 38.5 Å². The van der Waals surface area contributed by atoms with Gasteiger partial charge in [0, 0.05) is 17.8 Å². The molecule has 1 aromatic heterocycles. The fraction of sp³-hybridized carbons (Fsp3) is 0.409. The molecule has 0 aliphatic carbocycles. The summed E-state index contributed by atoms with van der Waals surface area (Å²) in [5, 5.41) is 11.3. The number of rotatable bonds is 3. The number of amides is 1. The molecule has 32 heavy (non-hydrogen) atoms. The zero-order valence-electron chi connectivity index (χ0n) is 17.5. The minimum atomic E-state index is -0.710. The smallest absolute Gasteiger partial charge is 0.276 e. The molecule has 10 heteroatoms. The van der Waals surface area contributed by atoms with Crippen LogP contribution < -0.4 is 0 Å². The van der Waals surface area contributed by atoms with Crippen molar-refractivity contribution in [2.75, 3.05) is 19.7 Å². The second-order valence-electron chi connectivity index (χ2n) is 8.32. The number of Topliss-reactive ketones (excluding diaryl/α,β-unsaturated/α-hetero) is 1. The number of ether oxygens (including phenoxy) is 1. The van der Waals surface area contributed by atoms with Crippen molar-refractivity contribution in [1.82, 2.24) is 14.8 Å². The Bertz CT molecular complexity index is 1170. The molecular weight excluding hydrogens is 457 g/mol. The van der Waals surface area contributed by atoms with Crippen LogP contribution >= 0.6 is 22.9 Å². The number of aryl methyl sites for hydroxylation is 1. The van der Waals surface area contributed by atoms with Crippen LogP contribution in [0.5, 0.6) is 0 Å². The number of thiazole rings is 1. The normalized spacial score (nSPS) is 25.4. The van der Waals surface area contributed by atoms with Crippen molar-refractivity contribution in [1.29, 1.82) is 0 Å². The molecule has 0 radical (unpaired) electrons. The van der Waals surface area contributed by atoms with Crippen LogP contribution in [0.3, 0.4) is 0 Å². The van der Waals surface area contributed by atoms with E-state index in [-0.39, 0.29) is 29.2 Å². The molecular formula is C22H21ClFN3O4S. The fourth-order valence-electron chi connectivity index (χ4n) is 4.52. The molecule has 0 spiro atoms. The first kappa shape index (κ1) is 21.4. The third-order valence-corrected chi connectivity index (χ3v) is 7.77. The van der Waals surface area contributed by atoms with Crippen LogP contribution in [0.25, 0.3) is 0 Å². The summed E-state index contributed by atoms with van der Waals surface area (Å²) in [6.07, 6.45) is -0.100. The Balaban J connectivity index is 1.44. The maximum Gasteiger partial charge on any atom is 0.276 e. The number of aromatic nitrogens is 1. The fourth-order valence-corrected chi connectivity index (χ4v) is 5.89. The molecule has 0 bridgehead atoms. The minimum absolute atomic E-state index is 0.0364. The van der Waals surface area contributed by atoms with Crippen molar-refractivity contribution >= 4 is 34.6 Å². The van der Waals surface area contributed by atoms with Gasteiger partial charge in [-0.15, -0.1) is 11.3 Å². The van der Waals surface area contributed by atoms with Gasteiger partial charge < -0.3 is 19.6 Å². The highest BCUT2D eigenvalue weighted by atomic mass is 35.5. The van der Waals surface area contributed by atoms with Crippen LogP contribution in [-0.4, -0.2) is 63.5 Å². The number of hydrogen-bond acceptors (Lipinski definition) is 7. The van der Waals surface area contributed by atoms with E-state index in [0.29, 0.717) is 35.8 Å². The minimum Gasteiger partial charge on any atom is -0.503 e. The van der Waals surface area contributed by atoms with Gasteiger partial charge in [0.05, 0.1) is 35.8 Å². The lowest BCUT2D eigenvalue weighted by molar-refractivity contribution is -0.144. The maximum atomic E-state index is 14.4. The second kappa shape index (κ2) is 7.83. The molecule has 5 rings (SSSR count). The predicted octanol–water partition coefficient (Wildman–Crippen LogP) is 3.16. The van der Waals surface area contributed by atoms with Crippen molar-refractivity contribution in [3.8, 4) is 0 Å². The van der Waals surface area contributed by atoms with Crippen LogP contribution in [-0.2, 0) is 20.7 Å². The van der Waals surface area contributed by atoms with Gasteiger partial charge in [-0.1, -0.05) is 23.7 Å². The molecule has 3 aliphatic heterocycles. The zero-order valence-corrected chi connectivity index (χ0v) is 19.0. The van der Waals surface area contributed by atoms with E-state index in [4.69, 9.17) is 16.3 Å². The number of halogens is 2. The third kappa shape index (κ3) is 3.30. The Morgan fingerprint density at radius 2 is 2.12 bits per heavy atom. The van der Waals surface area contributed by atoms with Crippen molar-refractivity contribution in [3.63, 3.8) is 0 Å². The summed E-state index contributed by atoms with van der Waals surface area (Å²) < 4.78 is 20.1. The first-order chi connectivity index (χ1) is 15.3. The number of piperazine rings is 1. The van der Waals surface area contributed by atoms with Gasteiger partial charge in [0.2, 0.25) is 5.78 Å². The Labute approximate surface area is 193 Å². The van der Waals surface area contributed by atoms with E-state index in [0.717, 1.165) is 4.88 Å². The van der Waals surface area contributed by atoms with E-state index < -0.39 is 29.5 Å². The third-order valence-electron chi connectivity index (χ3n) is 6.21. The van der Waals surface area contributed by atoms with E-state index in [1.165, 1.54) is 17.4 Å².